The number of carbonyl (C=O) groups is 1. The summed E-state index contributed by atoms with van der Waals surface area (Å²) in [5, 5.41) is 4.00. The van der Waals surface area contributed by atoms with Crippen LogP contribution in [0.1, 0.15) is 29.1 Å². The molecule has 0 aliphatic rings. The van der Waals surface area contributed by atoms with Gasteiger partial charge in [0.05, 0.1) is 0 Å². The number of H-pyrrole nitrogens is 1. The number of amides is 1. The lowest BCUT2D eigenvalue weighted by molar-refractivity contribution is -0.121. The molecule has 1 heterocycles. The Bertz CT molecular complexity index is 803. The first kappa shape index (κ1) is 18.5. The fourth-order valence-corrected chi connectivity index (χ4v) is 2.94. The summed E-state index contributed by atoms with van der Waals surface area (Å²) in [5.41, 5.74) is 1.96. The highest BCUT2D eigenvalue weighted by Gasteiger charge is 2.10. The van der Waals surface area contributed by atoms with E-state index in [1.54, 1.807) is 26.0 Å². The summed E-state index contributed by atoms with van der Waals surface area (Å²) < 4.78 is 0. The van der Waals surface area contributed by atoms with Gasteiger partial charge in [-0.2, -0.15) is 0 Å². The molecule has 0 fully saturated rings. The fourth-order valence-electron chi connectivity index (χ4n) is 2.43. The molecule has 7 heteroatoms. The van der Waals surface area contributed by atoms with E-state index in [1.807, 2.05) is 6.07 Å². The summed E-state index contributed by atoms with van der Waals surface area (Å²) in [7, 11) is 0. The molecule has 0 bridgehead atoms. The lowest BCUT2D eigenvalue weighted by Gasteiger charge is -2.08. The number of aromatic amines is 1. The van der Waals surface area contributed by atoms with Crippen LogP contribution in [0.15, 0.2) is 23.0 Å². The molecule has 0 saturated carbocycles. The third kappa shape index (κ3) is 5.08. The summed E-state index contributed by atoms with van der Waals surface area (Å²) in [6.45, 7) is 3.98. The van der Waals surface area contributed by atoms with Crippen molar-refractivity contribution < 1.29 is 4.79 Å². The normalized spacial score (nSPS) is 10.7. The number of nitrogens with zero attached hydrogens (tertiary/aromatic N) is 1. The molecule has 5 nitrogen and oxygen atoms in total. The summed E-state index contributed by atoms with van der Waals surface area (Å²) in [6.07, 6.45) is 1.22. The van der Waals surface area contributed by atoms with E-state index < -0.39 is 0 Å². The zero-order valence-corrected chi connectivity index (χ0v) is 15.1. The van der Waals surface area contributed by atoms with Crippen LogP contribution >= 0.6 is 23.2 Å². The molecule has 2 rings (SSSR count). The van der Waals surface area contributed by atoms with Crippen LogP contribution in [0.3, 0.4) is 0 Å². The number of carbonyl (C=O) groups excluding carboxylic acids is 1. The lowest BCUT2D eigenvalue weighted by atomic mass is 10.1. The molecule has 128 valence electrons. The smallest absolute Gasteiger partial charge is 0.254 e. The van der Waals surface area contributed by atoms with Crippen LogP contribution in [0.2, 0.25) is 10.0 Å². The zero-order valence-electron chi connectivity index (χ0n) is 13.6. The molecule has 24 heavy (non-hydrogen) atoms. The van der Waals surface area contributed by atoms with Crippen molar-refractivity contribution in [2.45, 2.75) is 33.1 Å². The number of benzene rings is 1. The molecule has 0 radical (unpaired) electrons. The van der Waals surface area contributed by atoms with Gasteiger partial charge in [0.1, 0.15) is 5.82 Å². The van der Waals surface area contributed by atoms with Crippen LogP contribution in [0.5, 0.6) is 0 Å². The number of hydrogen-bond acceptors (Lipinski definition) is 3. The first-order valence-corrected chi connectivity index (χ1v) is 8.39. The topological polar surface area (TPSA) is 74.8 Å². The summed E-state index contributed by atoms with van der Waals surface area (Å²) in [4.78, 5) is 30.7. The molecule has 0 aliphatic heterocycles. The number of rotatable bonds is 6. The van der Waals surface area contributed by atoms with Crippen LogP contribution in [0.25, 0.3) is 0 Å². The van der Waals surface area contributed by atoms with Gasteiger partial charge in [-0.15, -0.1) is 0 Å². The Morgan fingerprint density at radius 1 is 1.25 bits per heavy atom. The van der Waals surface area contributed by atoms with Gasteiger partial charge in [-0.05, 0) is 44.4 Å². The van der Waals surface area contributed by atoms with Crippen molar-refractivity contribution in [1.82, 2.24) is 15.3 Å². The van der Waals surface area contributed by atoms with E-state index >= 15 is 0 Å². The van der Waals surface area contributed by atoms with E-state index in [9.17, 15) is 9.59 Å². The molecular weight excluding hydrogens is 349 g/mol. The summed E-state index contributed by atoms with van der Waals surface area (Å²) in [5.74, 6) is 0.463. The number of aromatic nitrogens is 2. The van der Waals surface area contributed by atoms with Crippen LogP contribution in [-0.4, -0.2) is 22.4 Å². The van der Waals surface area contributed by atoms with Gasteiger partial charge in [-0.1, -0.05) is 29.3 Å². The van der Waals surface area contributed by atoms with Crippen LogP contribution < -0.4 is 10.9 Å². The zero-order chi connectivity index (χ0) is 17.7. The summed E-state index contributed by atoms with van der Waals surface area (Å²) in [6, 6.07) is 5.29. The Kier molecular flexibility index (Phi) is 6.40. The Morgan fingerprint density at radius 3 is 2.67 bits per heavy atom. The molecule has 1 aromatic heterocycles. The largest absolute Gasteiger partial charge is 0.356 e. The lowest BCUT2D eigenvalue weighted by Crippen LogP contribution is -2.27. The van der Waals surface area contributed by atoms with Gasteiger partial charge in [0.15, 0.2) is 0 Å². The molecule has 1 amide bonds. The first-order valence-electron chi connectivity index (χ1n) is 7.64. The molecule has 2 aromatic rings. The second kappa shape index (κ2) is 8.31. The van der Waals surface area contributed by atoms with Gasteiger partial charge in [0, 0.05) is 34.3 Å². The van der Waals surface area contributed by atoms with Crippen molar-refractivity contribution >= 4 is 29.1 Å². The fraction of sp³-hybridized carbons (Fsp3) is 0.353. The predicted octanol–water partition coefficient (Wildman–Crippen LogP) is 2.99. The highest BCUT2D eigenvalue weighted by atomic mass is 35.5. The molecule has 0 atom stereocenters. The highest BCUT2D eigenvalue weighted by molar-refractivity contribution is 6.35. The monoisotopic (exact) mass is 367 g/mol. The van der Waals surface area contributed by atoms with Crippen LogP contribution in [0.4, 0.5) is 0 Å². The van der Waals surface area contributed by atoms with Gasteiger partial charge in [0.25, 0.3) is 5.56 Å². The van der Waals surface area contributed by atoms with Gasteiger partial charge in [-0.25, -0.2) is 4.98 Å². The highest BCUT2D eigenvalue weighted by Crippen LogP contribution is 2.21. The van der Waals surface area contributed by atoms with Crippen molar-refractivity contribution in [2.75, 3.05) is 6.54 Å². The number of aryl methyl sites for hydroxylation is 2. The Morgan fingerprint density at radius 2 is 2.00 bits per heavy atom. The van der Waals surface area contributed by atoms with E-state index in [4.69, 9.17) is 23.2 Å². The SMILES string of the molecule is Cc1nc(C)c(CCC(=O)NCCc2ccc(Cl)cc2Cl)c(=O)[nH]1. The molecule has 1 aromatic carbocycles. The number of halogens is 2. The maximum absolute atomic E-state index is 11.9. The second-order valence-corrected chi connectivity index (χ2v) is 6.39. The number of nitrogens with one attached hydrogen (secondary N) is 2. The molecule has 0 saturated heterocycles. The van der Waals surface area contributed by atoms with E-state index in [0.29, 0.717) is 46.5 Å². The van der Waals surface area contributed by atoms with Gasteiger partial charge in [-0.3, -0.25) is 9.59 Å². The minimum Gasteiger partial charge on any atom is -0.356 e. The van der Waals surface area contributed by atoms with Crippen LogP contribution in [-0.2, 0) is 17.6 Å². The van der Waals surface area contributed by atoms with Gasteiger partial charge < -0.3 is 10.3 Å². The Balaban J connectivity index is 1.83. The molecule has 0 spiro atoms. The van der Waals surface area contributed by atoms with Crippen molar-refractivity contribution in [3.63, 3.8) is 0 Å². The van der Waals surface area contributed by atoms with E-state index in [0.717, 1.165) is 5.56 Å². The molecule has 2 N–H and O–H groups in total. The van der Waals surface area contributed by atoms with Crippen molar-refractivity contribution in [1.29, 1.82) is 0 Å². The third-order valence-corrected chi connectivity index (χ3v) is 4.26. The van der Waals surface area contributed by atoms with E-state index in [2.05, 4.69) is 15.3 Å². The maximum atomic E-state index is 11.9. The molecular formula is C17H19Cl2N3O2. The van der Waals surface area contributed by atoms with E-state index in [1.165, 1.54) is 0 Å². The Hall–Kier alpha value is -1.85. The van der Waals surface area contributed by atoms with Crippen molar-refractivity contribution in [3.05, 3.63) is 61.2 Å². The van der Waals surface area contributed by atoms with Crippen LogP contribution in [0, 0.1) is 13.8 Å². The predicted molar refractivity (Wildman–Crippen MR) is 95.8 cm³/mol. The first-order chi connectivity index (χ1) is 11.4. The minimum atomic E-state index is -0.180. The van der Waals surface area contributed by atoms with E-state index in [-0.39, 0.29) is 17.9 Å². The third-order valence-electron chi connectivity index (χ3n) is 3.67. The number of hydrogen-bond donors (Lipinski definition) is 2. The summed E-state index contributed by atoms with van der Waals surface area (Å²) >= 11 is 11.9. The standard InChI is InChI=1S/C17H19Cl2N3O2/c1-10-14(17(24)22-11(2)21-10)5-6-16(23)20-8-7-12-3-4-13(18)9-15(12)19/h3-4,9H,5-8H2,1-2H3,(H,20,23)(H,21,22,24). The van der Waals surface area contributed by atoms with Crippen molar-refractivity contribution in [2.24, 2.45) is 0 Å². The van der Waals surface area contributed by atoms with Crippen molar-refractivity contribution in [3.8, 4) is 0 Å². The van der Waals surface area contributed by atoms with Gasteiger partial charge >= 0.3 is 0 Å². The molecule has 0 aliphatic carbocycles. The average molecular weight is 368 g/mol. The minimum absolute atomic E-state index is 0.112. The quantitative estimate of drug-likeness (QED) is 0.823. The molecule has 0 unspecified atom stereocenters. The average Bonchev–Trinajstić information content (AvgIpc) is 2.48. The van der Waals surface area contributed by atoms with Gasteiger partial charge in [0.2, 0.25) is 5.91 Å². The Labute approximate surface area is 150 Å². The second-order valence-electron chi connectivity index (χ2n) is 5.55. The maximum Gasteiger partial charge on any atom is 0.254 e.